The Morgan fingerprint density at radius 2 is 2.21 bits per heavy atom. The summed E-state index contributed by atoms with van der Waals surface area (Å²) in [4.78, 5) is 11.5. The molecular weight excluding hydrogens is 247 g/mol. The minimum absolute atomic E-state index is 0.0972. The molecule has 3 heteroatoms. The van der Waals surface area contributed by atoms with E-state index in [0.29, 0.717) is 10.9 Å². The van der Waals surface area contributed by atoms with Gasteiger partial charge in [-0.3, -0.25) is 4.79 Å². The Hall–Kier alpha value is -0.700. The molecule has 1 fully saturated rings. The van der Waals surface area contributed by atoms with Crippen LogP contribution in [-0.4, -0.2) is 5.78 Å². The van der Waals surface area contributed by atoms with Gasteiger partial charge >= 0.3 is 0 Å². The number of Topliss-reactive ketones (excluding diaryl/α,β-unsaturated/α-hetero) is 1. The Labute approximate surface area is 90.4 Å². The van der Waals surface area contributed by atoms with Crippen molar-refractivity contribution in [3.8, 4) is 0 Å². The highest BCUT2D eigenvalue weighted by Crippen LogP contribution is 2.36. The fraction of sp³-hybridized carbons (Fsp3) is 0.364. The Morgan fingerprint density at radius 3 is 2.86 bits per heavy atom. The Balaban J connectivity index is 2.41. The van der Waals surface area contributed by atoms with Crippen LogP contribution >= 0.6 is 15.9 Å². The van der Waals surface area contributed by atoms with E-state index in [0.717, 1.165) is 18.4 Å². The van der Waals surface area contributed by atoms with Crippen molar-refractivity contribution in [2.24, 2.45) is 0 Å². The lowest BCUT2D eigenvalue weighted by atomic mass is 9.97. The Morgan fingerprint density at radius 1 is 1.43 bits per heavy atom. The van der Waals surface area contributed by atoms with E-state index in [2.05, 4.69) is 15.9 Å². The molecule has 1 unspecified atom stereocenters. The van der Waals surface area contributed by atoms with E-state index in [1.807, 2.05) is 6.07 Å². The normalized spacial score (nSPS) is 21.6. The molecule has 1 aromatic rings. The molecule has 0 radical (unpaired) electrons. The summed E-state index contributed by atoms with van der Waals surface area (Å²) in [7, 11) is 0. The van der Waals surface area contributed by atoms with Crippen LogP contribution in [0.4, 0.5) is 4.39 Å². The second-order valence-corrected chi connectivity index (χ2v) is 4.35. The highest BCUT2D eigenvalue weighted by Gasteiger charge is 2.28. The molecular formula is C11H10BrFO. The smallest absolute Gasteiger partial charge is 0.140 e. The van der Waals surface area contributed by atoms with E-state index < -0.39 is 0 Å². The van der Waals surface area contributed by atoms with E-state index in [9.17, 15) is 9.18 Å². The van der Waals surface area contributed by atoms with Crippen LogP contribution in [0.5, 0.6) is 0 Å². The van der Waals surface area contributed by atoms with E-state index >= 15 is 0 Å². The summed E-state index contributed by atoms with van der Waals surface area (Å²) in [6.07, 6.45) is 2.40. The van der Waals surface area contributed by atoms with Crippen molar-refractivity contribution in [1.82, 2.24) is 0 Å². The van der Waals surface area contributed by atoms with Gasteiger partial charge in [0.15, 0.2) is 0 Å². The minimum Gasteiger partial charge on any atom is -0.299 e. The molecule has 0 amide bonds. The molecule has 0 saturated heterocycles. The molecule has 0 heterocycles. The number of hydrogen-bond donors (Lipinski definition) is 0. The van der Waals surface area contributed by atoms with Gasteiger partial charge in [0.25, 0.3) is 0 Å². The summed E-state index contributed by atoms with van der Waals surface area (Å²) in [6, 6.07) is 4.87. The third kappa shape index (κ3) is 1.61. The van der Waals surface area contributed by atoms with Gasteiger partial charge in [0.05, 0.1) is 4.47 Å². The van der Waals surface area contributed by atoms with Gasteiger partial charge in [-0.25, -0.2) is 4.39 Å². The third-order valence-corrected chi connectivity index (χ3v) is 3.50. The van der Waals surface area contributed by atoms with Gasteiger partial charge in [-0.1, -0.05) is 12.1 Å². The monoisotopic (exact) mass is 256 g/mol. The minimum atomic E-state index is -0.290. The summed E-state index contributed by atoms with van der Waals surface area (Å²) >= 11 is 3.19. The summed E-state index contributed by atoms with van der Waals surface area (Å²) in [5.74, 6) is -0.154. The van der Waals surface area contributed by atoms with Crippen LogP contribution < -0.4 is 0 Å². The maximum atomic E-state index is 13.2. The molecule has 0 aromatic heterocycles. The van der Waals surface area contributed by atoms with E-state index in [-0.39, 0.29) is 17.5 Å². The summed E-state index contributed by atoms with van der Waals surface area (Å²) < 4.78 is 13.6. The Bertz CT molecular complexity index is 376. The third-order valence-electron chi connectivity index (χ3n) is 2.66. The van der Waals surface area contributed by atoms with Crippen LogP contribution in [0.15, 0.2) is 22.7 Å². The number of rotatable bonds is 1. The largest absolute Gasteiger partial charge is 0.299 e. The number of ketones is 1. The molecule has 1 nitrogen and oxygen atoms in total. The maximum absolute atomic E-state index is 13.2. The second-order valence-electron chi connectivity index (χ2n) is 3.55. The standard InChI is InChI=1S/C11H10BrFO/c12-11-8(4-1-5-9(11)13)7-3-2-6-10(7)14/h1,4-5,7H,2-3,6H2. The zero-order chi connectivity index (χ0) is 10.1. The fourth-order valence-electron chi connectivity index (χ4n) is 1.93. The van der Waals surface area contributed by atoms with Crippen LogP contribution in [-0.2, 0) is 4.79 Å². The first-order valence-corrected chi connectivity index (χ1v) is 5.46. The van der Waals surface area contributed by atoms with Crippen LogP contribution in [0, 0.1) is 5.82 Å². The van der Waals surface area contributed by atoms with Crippen molar-refractivity contribution < 1.29 is 9.18 Å². The summed E-state index contributed by atoms with van der Waals surface area (Å²) in [6.45, 7) is 0. The lowest BCUT2D eigenvalue weighted by molar-refractivity contribution is -0.118. The van der Waals surface area contributed by atoms with Crippen molar-refractivity contribution in [1.29, 1.82) is 0 Å². The number of carbonyl (C=O) groups excluding carboxylic acids is 1. The number of halogens is 2. The second kappa shape index (κ2) is 3.81. The predicted molar refractivity (Wildman–Crippen MR) is 55.7 cm³/mol. The molecule has 0 N–H and O–H groups in total. The molecule has 1 atom stereocenters. The SMILES string of the molecule is O=C1CCCC1c1cccc(F)c1Br. The summed E-state index contributed by atoms with van der Waals surface area (Å²) in [5.41, 5.74) is 0.799. The molecule has 0 aliphatic heterocycles. The van der Waals surface area contributed by atoms with Gasteiger partial charge in [0.1, 0.15) is 11.6 Å². The quantitative estimate of drug-likeness (QED) is 0.753. The molecule has 2 rings (SSSR count). The van der Waals surface area contributed by atoms with Crippen LogP contribution in [0.25, 0.3) is 0 Å². The van der Waals surface area contributed by atoms with Crippen LogP contribution in [0.3, 0.4) is 0 Å². The van der Waals surface area contributed by atoms with E-state index in [1.165, 1.54) is 6.07 Å². The van der Waals surface area contributed by atoms with Crippen molar-refractivity contribution >= 4 is 21.7 Å². The van der Waals surface area contributed by atoms with Gasteiger partial charge in [-0.05, 0) is 40.4 Å². The molecule has 1 aliphatic carbocycles. The molecule has 0 bridgehead atoms. The summed E-state index contributed by atoms with van der Waals surface area (Å²) in [5, 5.41) is 0. The lowest BCUT2D eigenvalue weighted by Crippen LogP contribution is -2.05. The first-order chi connectivity index (χ1) is 6.70. The molecule has 1 aliphatic rings. The highest BCUT2D eigenvalue weighted by molar-refractivity contribution is 9.10. The molecule has 1 saturated carbocycles. The maximum Gasteiger partial charge on any atom is 0.140 e. The molecule has 14 heavy (non-hydrogen) atoms. The zero-order valence-corrected chi connectivity index (χ0v) is 9.18. The first kappa shape index (κ1) is 9.84. The Kier molecular flexibility index (Phi) is 2.68. The van der Waals surface area contributed by atoms with Crippen LogP contribution in [0.2, 0.25) is 0 Å². The van der Waals surface area contributed by atoms with Gasteiger partial charge in [0.2, 0.25) is 0 Å². The lowest BCUT2D eigenvalue weighted by Gasteiger charge is -2.10. The van der Waals surface area contributed by atoms with Gasteiger partial charge < -0.3 is 0 Å². The fourth-order valence-corrected chi connectivity index (χ4v) is 2.47. The van der Waals surface area contributed by atoms with Gasteiger partial charge in [-0.15, -0.1) is 0 Å². The average Bonchev–Trinajstić information content (AvgIpc) is 2.57. The molecule has 1 aromatic carbocycles. The van der Waals surface area contributed by atoms with Gasteiger partial charge in [0, 0.05) is 12.3 Å². The van der Waals surface area contributed by atoms with Gasteiger partial charge in [-0.2, -0.15) is 0 Å². The number of hydrogen-bond acceptors (Lipinski definition) is 1. The van der Waals surface area contributed by atoms with E-state index in [1.54, 1.807) is 6.07 Å². The van der Waals surface area contributed by atoms with Crippen LogP contribution in [0.1, 0.15) is 30.7 Å². The topological polar surface area (TPSA) is 17.1 Å². The highest BCUT2D eigenvalue weighted by atomic mass is 79.9. The molecule has 74 valence electrons. The number of benzene rings is 1. The van der Waals surface area contributed by atoms with E-state index in [4.69, 9.17) is 0 Å². The predicted octanol–water partition coefficient (Wildman–Crippen LogP) is 3.42. The first-order valence-electron chi connectivity index (χ1n) is 4.67. The molecule has 0 spiro atoms. The zero-order valence-electron chi connectivity index (χ0n) is 7.59. The van der Waals surface area contributed by atoms with Crippen molar-refractivity contribution in [2.45, 2.75) is 25.2 Å². The number of carbonyl (C=O) groups is 1. The van der Waals surface area contributed by atoms with Crippen molar-refractivity contribution in [3.05, 3.63) is 34.1 Å². The van der Waals surface area contributed by atoms with Crippen molar-refractivity contribution in [2.75, 3.05) is 0 Å². The average molecular weight is 257 g/mol. The van der Waals surface area contributed by atoms with Crippen molar-refractivity contribution in [3.63, 3.8) is 0 Å².